The molecule has 0 radical (unpaired) electrons. The highest BCUT2D eigenvalue weighted by Crippen LogP contribution is 2.50. The molecule has 0 fully saturated rings. The van der Waals surface area contributed by atoms with E-state index in [4.69, 9.17) is 34.9 Å². The second kappa shape index (κ2) is 8.92. The van der Waals surface area contributed by atoms with Gasteiger partial charge >= 0.3 is 6.72 Å². The molecule has 0 heterocycles. The van der Waals surface area contributed by atoms with Crippen LogP contribution < -0.4 is 18.5 Å². The van der Waals surface area contributed by atoms with Crippen LogP contribution in [-0.4, -0.2) is 20.8 Å². The van der Waals surface area contributed by atoms with E-state index < -0.39 is 6.72 Å². The zero-order chi connectivity index (χ0) is 17.4. The van der Waals surface area contributed by atoms with Crippen LogP contribution in [0.2, 0.25) is 0 Å². The van der Waals surface area contributed by atoms with E-state index in [2.05, 4.69) is 0 Å². The standard InChI is InChI=1S/C17H21O5PS/c1-4-13-20-23(24,21-16-9-5-14(18-2)6-10-16)22-17-11-7-15(19-3)8-12-17/h5-12H,4,13H2,1-3H3. The van der Waals surface area contributed by atoms with Crippen LogP contribution in [0.3, 0.4) is 0 Å². The molecular formula is C17H21O5PS. The van der Waals surface area contributed by atoms with Crippen LogP contribution in [-0.2, 0) is 16.3 Å². The van der Waals surface area contributed by atoms with E-state index in [0.717, 1.165) is 17.9 Å². The molecule has 0 atom stereocenters. The molecule has 0 unspecified atom stereocenters. The summed E-state index contributed by atoms with van der Waals surface area (Å²) in [6.45, 7) is -0.513. The topological polar surface area (TPSA) is 46.2 Å². The predicted molar refractivity (Wildman–Crippen MR) is 97.8 cm³/mol. The Morgan fingerprint density at radius 2 is 1.12 bits per heavy atom. The van der Waals surface area contributed by atoms with Gasteiger partial charge < -0.3 is 18.5 Å². The monoisotopic (exact) mass is 368 g/mol. The summed E-state index contributed by atoms with van der Waals surface area (Å²) in [6.07, 6.45) is 0.816. The Labute approximate surface area is 147 Å². The lowest BCUT2D eigenvalue weighted by Crippen LogP contribution is -2.05. The van der Waals surface area contributed by atoms with Crippen LogP contribution in [0.25, 0.3) is 0 Å². The molecule has 0 amide bonds. The zero-order valence-corrected chi connectivity index (χ0v) is 15.6. The highest BCUT2D eigenvalue weighted by atomic mass is 32.5. The third kappa shape index (κ3) is 5.41. The molecule has 0 aliphatic carbocycles. The van der Waals surface area contributed by atoms with Crippen molar-refractivity contribution >= 4 is 18.5 Å². The maximum atomic E-state index is 5.86. The summed E-state index contributed by atoms with van der Waals surface area (Å²) in [4.78, 5) is 0. The number of ether oxygens (including phenoxy) is 2. The zero-order valence-electron chi connectivity index (χ0n) is 13.9. The quantitative estimate of drug-likeness (QED) is 0.592. The molecule has 0 aromatic heterocycles. The molecule has 0 bridgehead atoms. The second-order valence-electron chi connectivity index (χ2n) is 4.81. The van der Waals surface area contributed by atoms with Crippen LogP contribution in [0.5, 0.6) is 23.0 Å². The maximum absolute atomic E-state index is 5.86. The molecular weight excluding hydrogens is 347 g/mol. The van der Waals surface area contributed by atoms with Crippen LogP contribution in [0.1, 0.15) is 13.3 Å². The number of benzene rings is 2. The summed E-state index contributed by atoms with van der Waals surface area (Å²) in [7, 11) is 3.22. The predicted octanol–water partition coefficient (Wildman–Crippen LogP) is 4.81. The molecule has 0 aliphatic heterocycles. The molecule has 0 aliphatic rings. The Bertz CT molecular complexity index is 619. The van der Waals surface area contributed by atoms with Gasteiger partial charge in [-0.05, 0) is 55.0 Å². The van der Waals surface area contributed by atoms with Crippen molar-refractivity contribution < 1.29 is 23.0 Å². The first-order valence-electron chi connectivity index (χ1n) is 7.50. The molecule has 0 N–H and O–H groups in total. The van der Waals surface area contributed by atoms with Gasteiger partial charge in [0.05, 0.1) is 20.8 Å². The van der Waals surface area contributed by atoms with Crippen LogP contribution in [0.15, 0.2) is 48.5 Å². The van der Waals surface area contributed by atoms with E-state index in [9.17, 15) is 0 Å². The van der Waals surface area contributed by atoms with E-state index in [1.54, 1.807) is 62.8 Å². The summed E-state index contributed by atoms with van der Waals surface area (Å²) in [5, 5.41) is 0. The van der Waals surface area contributed by atoms with Gasteiger partial charge in [-0.25, -0.2) is 0 Å². The summed E-state index contributed by atoms with van der Waals surface area (Å²) in [6, 6.07) is 14.3. The Morgan fingerprint density at radius 3 is 1.46 bits per heavy atom. The molecule has 24 heavy (non-hydrogen) atoms. The highest BCUT2D eigenvalue weighted by Gasteiger charge is 2.24. The molecule has 0 spiro atoms. The lowest BCUT2D eigenvalue weighted by atomic mass is 10.3. The van der Waals surface area contributed by atoms with Gasteiger partial charge in [0.1, 0.15) is 23.0 Å². The molecule has 7 heteroatoms. The molecule has 0 saturated carbocycles. The van der Waals surface area contributed by atoms with Crippen molar-refractivity contribution in [2.75, 3.05) is 20.8 Å². The van der Waals surface area contributed by atoms with Gasteiger partial charge in [0.2, 0.25) is 0 Å². The fourth-order valence-corrected chi connectivity index (χ4v) is 3.85. The van der Waals surface area contributed by atoms with Crippen molar-refractivity contribution in [1.82, 2.24) is 0 Å². The van der Waals surface area contributed by atoms with E-state index in [1.807, 2.05) is 6.92 Å². The van der Waals surface area contributed by atoms with Crippen LogP contribution in [0.4, 0.5) is 0 Å². The number of hydrogen-bond donors (Lipinski definition) is 0. The number of hydrogen-bond acceptors (Lipinski definition) is 6. The molecule has 0 saturated heterocycles. The smallest absolute Gasteiger partial charge is 0.434 e. The van der Waals surface area contributed by atoms with Crippen molar-refractivity contribution in [3.8, 4) is 23.0 Å². The molecule has 130 valence electrons. The molecule has 5 nitrogen and oxygen atoms in total. The van der Waals surface area contributed by atoms with Crippen molar-refractivity contribution in [2.45, 2.75) is 13.3 Å². The maximum Gasteiger partial charge on any atom is 0.434 e. The van der Waals surface area contributed by atoms with Gasteiger partial charge in [0.25, 0.3) is 0 Å². The third-order valence-corrected chi connectivity index (χ3v) is 5.14. The van der Waals surface area contributed by atoms with Gasteiger partial charge in [-0.2, -0.15) is 0 Å². The van der Waals surface area contributed by atoms with E-state index in [0.29, 0.717) is 18.1 Å². The Hall–Kier alpha value is -1.75. The summed E-state index contributed by atoms with van der Waals surface area (Å²) in [5.74, 6) is 2.62. The third-order valence-electron chi connectivity index (χ3n) is 3.01. The first-order chi connectivity index (χ1) is 11.6. The fraction of sp³-hybridized carbons (Fsp3) is 0.294. The SMILES string of the molecule is CCCOP(=S)(Oc1ccc(OC)cc1)Oc1ccc(OC)cc1. The summed E-state index contributed by atoms with van der Waals surface area (Å²) >= 11 is 5.54. The minimum atomic E-state index is -2.98. The minimum Gasteiger partial charge on any atom is -0.497 e. The first kappa shape index (κ1) is 18.6. The Kier molecular flexibility index (Phi) is 6.91. The fourth-order valence-electron chi connectivity index (χ4n) is 1.81. The normalized spacial score (nSPS) is 11.0. The lowest BCUT2D eigenvalue weighted by Gasteiger charge is -2.22. The summed E-state index contributed by atoms with van der Waals surface area (Å²) < 4.78 is 27.7. The average molecular weight is 368 g/mol. The number of methoxy groups -OCH3 is 2. The van der Waals surface area contributed by atoms with Gasteiger partial charge in [-0.1, -0.05) is 6.92 Å². The van der Waals surface area contributed by atoms with Crippen molar-refractivity contribution in [1.29, 1.82) is 0 Å². The molecule has 2 aromatic rings. The molecule has 2 rings (SSSR count). The summed E-state index contributed by atoms with van der Waals surface area (Å²) in [5.41, 5.74) is 0. The molecule has 2 aromatic carbocycles. The van der Waals surface area contributed by atoms with Crippen LogP contribution >= 0.6 is 6.72 Å². The van der Waals surface area contributed by atoms with Gasteiger partial charge in [0, 0.05) is 11.8 Å². The Balaban J connectivity index is 2.15. The van der Waals surface area contributed by atoms with E-state index in [1.165, 1.54) is 0 Å². The van der Waals surface area contributed by atoms with Gasteiger partial charge in [-0.3, -0.25) is 4.52 Å². The highest BCUT2D eigenvalue weighted by molar-refractivity contribution is 8.07. The number of rotatable bonds is 9. The second-order valence-corrected chi connectivity index (χ2v) is 7.67. The minimum absolute atomic E-state index is 0.462. The Morgan fingerprint density at radius 1 is 0.750 bits per heavy atom. The average Bonchev–Trinajstić information content (AvgIpc) is 2.61. The lowest BCUT2D eigenvalue weighted by molar-refractivity contribution is 0.262. The van der Waals surface area contributed by atoms with Gasteiger partial charge in [0.15, 0.2) is 0 Å². The largest absolute Gasteiger partial charge is 0.497 e. The van der Waals surface area contributed by atoms with Gasteiger partial charge in [-0.15, -0.1) is 0 Å². The first-order valence-corrected chi connectivity index (χ1v) is 10.1. The van der Waals surface area contributed by atoms with Crippen molar-refractivity contribution in [3.05, 3.63) is 48.5 Å². The van der Waals surface area contributed by atoms with E-state index in [-0.39, 0.29) is 0 Å². The van der Waals surface area contributed by atoms with Crippen molar-refractivity contribution in [2.24, 2.45) is 0 Å². The van der Waals surface area contributed by atoms with Crippen molar-refractivity contribution in [3.63, 3.8) is 0 Å². The van der Waals surface area contributed by atoms with Crippen LogP contribution in [0, 0.1) is 0 Å². The van der Waals surface area contributed by atoms with E-state index >= 15 is 0 Å².